The molecule has 1 heterocycles. The normalized spacial score (nSPS) is 12.5. The van der Waals surface area contributed by atoms with Gasteiger partial charge in [0.1, 0.15) is 6.04 Å². The number of carbonyl (C=O) groups excluding carboxylic acids is 2. The van der Waals surface area contributed by atoms with Gasteiger partial charge in [-0.1, -0.05) is 46.8 Å². The van der Waals surface area contributed by atoms with E-state index in [0.29, 0.717) is 12.1 Å². The second-order valence-corrected chi connectivity index (χ2v) is 8.10. The van der Waals surface area contributed by atoms with Crippen molar-refractivity contribution in [2.75, 3.05) is 0 Å². The van der Waals surface area contributed by atoms with Gasteiger partial charge in [0.05, 0.1) is 0 Å². The molecule has 0 aliphatic carbocycles. The third kappa shape index (κ3) is 5.91. The quantitative estimate of drug-likeness (QED) is 0.821. The zero-order valence-electron chi connectivity index (χ0n) is 16.7. The summed E-state index contributed by atoms with van der Waals surface area (Å²) in [4.78, 5) is 29.1. The van der Waals surface area contributed by atoms with Gasteiger partial charge < -0.3 is 10.6 Å². The average Bonchev–Trinajstić information content (AvgIpc) is 2.64. The molecule has 0 unspecified atom stereocenters. The van der Waals surface area contributed by atoms with Crippen LogP contribution in [-0.2, 0) is 16.8 Å². The number of nitrogens with zero attached hydrogens (tertiary/aromatic N) is 1. The smallest absolute Gasteiger partial charge is 0.251 e. The minimum absolute atomic E-state index is 0.0276. The third-order valence-corrected chi connectivity index (χ3v) is 4.46. The number of rotatable bonds is 6. The topological polar surface area (TPSA) is 71.1 Å². The van der Waals surface area contributed by atoms with Crippen molar-refractivity contribution in [2.45, 2.75) is 52.6 Å². The minimum Gasteiger partial charge on any atom is -0.350 e. The molecule has 0 aliphatic heterocycles. The van der Waals surface area contributed by atoms with E-state index in [4.69, 9.17) is 0 Å². The van der Waals surface area contributed by atoms with Gasteiger partial charge in [0.15, 0.2) is 0 Å². The lowest BCUT2D eigenvalue weighted by atomic mass is 9.86. The lowest BCUT2D eigenvalue weighted by Crippen LogP contribution is -2.49. The van der Waals surface area contributed by atoms with Crippen LogP contribution in [0.15, 0.2) is 48.8 Å². The van der Waals surface area contributed by atoms with Crippen molar-refractivity contribution in [3.8, 4) is 0 Å². The molecule has 0 bridgehead atoms. The Morgan fingerprint density at radius 2 is 1.59 bits per heavy atom. The highest BCUT2D eigenvalue weighted by Crippen LogP contribution is 2.22. The van der Waals surface area contributed by atoms with Gasteiger partial charge in [0.25, 0.3) is 5.91 Å². The molecule has 0 radical (unpaired) electrons. The summed E-state index contributed by atoms with van der Waals surface area (Å²) in [5.74, 6) is -0.463. The van der Waals surface area contributed by atoms with E-state index >= 15 is 0 Å². The van der Waals surface area contributed by atoms with Crippen molar-refractivity contribution in [3.63, 3.8) is 0 Å². The van der Waals surface area contributed by atoms with E-state index in [1.165, 1.54) is 0 Å². The number of carbonyl (C=O) groups is 2. The second-order valence-electron chi connectivity index (χ2n) is 8.10. The molecule has 2 aromatic rings. The first-order valence-electron chi connectivity index (χ1n) is 9.26. The highest BCUT2D eigenvalue weighted by atomic mass is 16.2. The predicted molar refractivity (Wildman–Crippen MR) is 107 cm³/mol. The number of benzene rings is 1. The Morgan fingerprint density at radius 3 is 2.11 bits per heavy atom. The zero-order chi connectivity index (χ0) is 20.0. The zero-order valence-corrected chi connectivity index (χ0v) is 16.7. The van der Waals surface area contributed by atoms with Gasteiger partial charge in [-0.3, -0.25) is 14.6 Å². The van der Waals surface area contributed by atoms with Crippen LogP contribution in [0.25, 0.3) is 0 Å². The molecule has 0 saturated carbocycles. The molecule has 144 valence electrons. The summed E-state index contributed by atoms with van der Waals surface area (Å²) < 4.78 is 0. The molecule has 0 aliphatic rings. The van der Waals surface area contributed by atoms with Crippen LogP contribution in [0, 0.1) is 5.92 Å². The summed E-state index contributed by atoms with van der Waals surface area (Å²) in [5.41, 5.74) is 2.71. The fourth-order valence-corrected chi connectivity index (χ4v) is 2.68. The summed E-state index contributed by atoms with van der Waals surface area (Å²) >= 11 is 0. The molecule has 1 atom stereocenters. The maximum atomic E-state index is 12.6. The Labute approximate surface area is 161 Å². The van der Waals surface area contributed by atoms with Crippen molar-refractivity contribution in [1.82, 2.24) is 15.6 Å². The average molecular weight is 367 g/mol. The molecule has 27 heavy (non-hydrogen) atoms. The molecule has 0 spiro atoms. The monoisotopic (exact) mass is 367 g/mol. The maximum absolute atomic E-state index is 12.6. The van der Waals surface area contributed by atoms with Gasteiger partial charge in [0.2, 0.25) is 5.91 Å². The third-order valence-electron chi connectivity index (χ3n) is 4.46. The molecule has 2 amide bonds. The van der Waals surface area contributed by atoms with Gasteiger partial charge in [-0.05, 0) is 46.7 Å². The number of hydrogen-bond acceptors (Lipinski definition) is 3. The molecule has 1 aromatic heterocycles. The fraction of sp³-hybridized carbons (Fsp3) is 0.409. The minimum atomic E-state index is -0.596. The second kappa shape index (κ2) is 8.80. The van der Waals surface area contributed by atoms with Crippen LogP contribution in [0.5, 0.6) is 0 Å². The molecule has 5 heteroatoms. The maximum Gasteiger partial charge on any atom is 0.251 e. The van der Waals surface area contributed by atoms with Gasteiger partial charge >= 0.3 is 0 Å². The summed E-state index contributed by atoms with van der Waals surface area (Å²) in [5, 5.41) is 5.75. The Morgan fingerprint density at radius 1 is 1.00 bits per heavy atom. The highest BCUT2D eigenvalue weighted by molar-refractivity contribution is 5.97. The molecular weight excluding hydrogens is 338 g/mol. The first kappa shape index (κ1) is 20.6. The number of amides is 2. The van der Waals surface area contributed by atoms with Crippen LogP contribution in [0.4, 0.5) is 0 Å². The van der Waals surface area contributed by atoms with Crippen molar-refractivity contribution in [1.29, 1.82) is 0 Å². The summed E-state index contributed by atoms with van der Waals surface area (Å²) in [6.45, 7) is 10.6. The Bertz CT molecular complexity index is 762. The molecule has 0 fully saturated rings. The Kier molecular flexibility index (Phi) is 6.72. The number of pyridine rings is 1. The predicted octanol–water partition coefficient (Wildman–Crippen LogP) is 3.45. The Balaban J connectivity index is 2.02. The van der Waals surface area contributed by atoms with Crippen molar-refractivity contribution >= 4 is 11.8 Å². The van der Waals surface area contributed by atoms with E-state index in [2.05, 4.69) is 36.4 Å². The van der Waals surface area contributed by atoms with Crippen LogP contribution in [0.2, 0.25) is 0 Å². The van der Waals surface area contributed by atoms with Gasteiger partial charge in [-0.15, -0.1) is 0 Å². The van der Waals surface area contributed by atoms with E-state index in [-0.39, 0.29) is 23.1 Å². The summed E-state index contributed by atoms with van der Waals surface area (Å²) in [7, 11) is 0. The van der Waals surface area contributed by atoms with Crippen molar-refractivity contribution in [3.05, 3.63) is 65.5 Å². The summed E-state index contributed by atoms with van der Waals surface area (Å²) in [6, 6.07) is 10.6. The lowest BCUT2D eigenvalue weighted by Gasteiger charge is -2.22. The molecule has 0 saturated heterocycles. The molecular formula is C22H29N3O2. The van der Waals surface area contributed by atoms with E-state index in [9.17, 15) is 9.59 Å². The van der Waals surface area contributed by atoms with Gasteiger partial charge in [0, 0.05) is 24.5 Å². The van der Waals surface area contributed by atoms with E-state index in [1.807, 2.05) is 50.2 Å². The standard InChI is InChI=1S/C22H29N3O2/c1-15(2)19(21(27)24-14-16-10-12-23-13-11-16)25-20(26)17-6-8-18(9-7-17)22(3,4)5/h6-13,15,19H,14H2,1-5H3,(H,24,27)(H,25,26)/t19-/m0/s1. The van der Waals surface area contributed by atoms with E-state index in [1.54, 1.807) is 12.4 Å². The number of nitrogens with one attached hydrogen (secondary N) is 2. The van der Waals surface area contributed by atoms with E-state index < -0.39 is 6.04 Å². The fourth-order valence-electron chi connectivity index (χ4n) is 2.68. The molecule has 5 nitrogen and oxygen atoms in total. The van der Waals surface area contributed by atoms with Crippen LogP contribution in [0.1, 0.15) is 56.1 Å². The van der Waals surface area contributed by atoms with Gasteiger partial charge in [-0.25, -0.2) is 0 Å². The largest absolute Gasteiger partial charge is 0.350 e. The summed E-state index contributed by atoms with van der Waals surface area (Å²) in [6.07, 6.45) is 3.37. The van der Waals surface area contributed by atoms with Crippen LogP contribution in [-0.4, -0.2) is 22.8 Å². The molecule has 2 N–H and O–H groups in total. The molecule has 1 aromatic carbocycles. The van der Waals surface area contributed by atoms with Crippen LogP contribution < -0.4 is 10.6 Å². The first-order valence-corrected chi connectivity index (χ1v) is 9.26. The van der Waals surface area contributed by atoms with Crippen molar-refractivity contribution in [2.24, 2.45) is 5.92 Å². The SMILES string of the molecule is CC(C)[C@H](NC(=O)c1ccc(C(C)(C)C)cc1)C(=O)NCc1ccncc1. The van der Waals surface area contributed by atoms with E-state index in [0.717, 1.165) is 11.1 Å². The Hall–Kier alpha value is -2.69. The van der Waals surface area contributed by atoms with Crippen LogP contribution >= 0.6 is 0 Å². The molecule has 2 rings (SSSR count). The number of hydrogen-bond donors (Lipinski definition) is 2. The van der Waals surface area contributed by atoms with Gasteiger partial charge in [-0.2, -0.15) is 0 Å². The number of aromatic nitrogens is 1. The van der Waals surface area contributed by atoms with Crippen molar-refractivity contribution < 1.29 is 9.59 Å². The highest BCUT2D eigenvalue weighted by Gasteiger charge is 2.24. The first-order chi connectivity index (χ1) is 12.7. The van der Waals surface area contributed by atoms with Crippen LogP contribution in [0.3, 0.4) is 0 Å². The lowest BCUT2D eigenvalue weighted by molar-refractivity contribution is -0.124.